The number of aryl methyl sites for hydroxylation is 1. The Morgan fingerprint density at radius 3 is 2.87 bits per heavy atom. The molecule has 0 aliphatic heterocycles. The summed E-state index contributed by atoms with van der Waals surface area (Å²) in [7, 11) is 0. The van der Waals surface area contributed by atoms with Crippen LogP contribution in [0.15, 0.2) is 12.3 Å². The molecule has 0 atom stereocenters. The molecule has 3 heteroatoms. The first-order valence-corrected chi connectivity index (χ1v) is 5.67. The van der Waals surface area contributed by atoms with E-state index in [1.165, 1.54) is 19.3 Å². The SMILES string of the molecule is Cc1nccc(CNCC2(C)CCC2)n1. The van der Waals surface area contributed by atoms with Crippen LogP contribution in [0.25, 0.3) is 0 Å². The maximum atomic E-state index is 4.36. The van der Waals surface area contributed by atoms with E-state index in [1.54, 1.807) is 0 Å². The highest BCUT2D eigenvalue weighted by Crippen LogP contribution is 2.39. The van der Waals surface area contributed by atoms with Crippen molar-refractivity contribution in [1.29, 1.82) is 0 Å². The molecule has 82 valence electrons. The van der Waals surface area contributed by atoms with E-state index in [2.05, 4.69) is 22.2 Å². The third kappa shape index (κ3) is 2.75. The maximum Gasteiger partial charge on any atom is 0.125 e. The Bertz CT molecular complexity index is 331. The molecule has 15 heavy (non-hydrogen) atoms. The second-order valence-corrected chi connectivity index (χ2v) is 4.86. The number of hydrogen-bond donors (Lipinski definition) is 1. The van der Waals surface area contributed by atoms with E-state index in [0.29, 0.717) is 5.41 Å². The molecule has 0 unspecified atom stereocenters. The Labute approximate surface area is 91.3 Å². The first-order valence-electron chi connectivity index (χ1n) is 5.67. The molecule has 1 heterocycles. The van der Waals surface area contributed by atoms with Crippen LogP contribution in [0.5, 0.6) is 0 Å². The molecule has 1 fully saturated rings. The fraction of sp³-hybridized carbons (Fsp3) is 0.667. The van der Waals surface area contributed by atoms with Gasteiger partial charge in [0.25, 0.3) is 0 Å². The van der Waals surface area contributed by atoms with Crippen molar-refractivity contribution < 1.29 is 0 Å². The molecule has 0 radical (unpaired) electrons. The van der Waals surface area contributed by atoms with Gasteiger partial charge in [-0.05, 0) is 31.2 Å². The Kier molecular flexibility index (Phi) is 3.00. The Balaban J connectivity index is 1.78. The van der Waals surface area contributed by atoms with E-state index in [4.69, 9.17) is 0 Å². The van der Waals surface area contributed by atoms with Crippen molar-refractivity contribution in [3.05, 3.63) is 23.8 Å². The first kappa shape index (κ1) is 10.6. The standard InChI is InChI=1S/C12H19N3/c1-10-14-7-4-11(15-10)8-13-9-12(2)5-3-6-12/h4,7,13H,3,5-6,8-9H2,1-2H3. The molecular weight excluding hydrogens is 186 g/mol. The van der Waals surface area contributed by atoms with Gasteiger partial charge in [0.1, 0.15) is 5.82 Å². The van der Waals surface area contributed by atoms with Crippen molar-refractivity contribution in [1.82, 2.24) is 15.3 Å². The van der Waals surface area contributed by atoms with Gasteiger partial charge >= 0.3 is 0 Å². The summed E-state index contributed by atoms with van der Waals surface area (Å²) in [5, 5.41) is 3.48. The number of nitrogens with one attached hydrogen (secondary N) is 1. The van der Waals surface area contributed by atoms with Crippen LogP contribution in [0.1, 0.15) is 37.7 Å². The molecule has 0 aromatic carbocycles. The molecule has 1 saturated carbocycles. The minimum atomic E-state index is 0.544. The normalized spacial score (nSPS) is 18.5. The van der Waals surface area contributed by atoms with E-state index < -0.39 is 0 Å². The van der Waals surface area contributed by atoms with Crippen LogP contribution in [0.3, 0.4) is 0 Å². The van der Waals surface area contributed by atoms with Gasteiger partial charge in [0.05, 0.1) is 5.69 Å². The molecule has 2 rings (SSSR count). The van der Waals surface area contributed by atoms with Gasteiger partial charge in [0.15, 0.2) is 0 Å². The number of hydrogen-bond acceptors (Lipinski definition) is 3. The van der Waals surface area contributed by atoms with Crippen LogP contribution in [0, 0.1) is 12.3 Å². The average molecular weight is 205 g/mol. The highest BCUT2D eigenvalue weighted by atomic mass is 14.9. The predicted molar refractivity (Wildman–Crippen MR) is 60.4 cm³/mol. The van der Waals surface area contributed by atoms with Gasteiger partial charge in [0, 0.05) is 19.3 Å². The lowest BCUT2D eigenvalue weighted by Crippen LogP contribution is -2.37. The zero-order chi connectivity index (χ0) is 10.7. The largest absolute Gasteiger partial charge is 0.311 e. The summed E-state index contributed by atoms with van der Waals surface area (Å²) >= 11 is 0. The number of aromatic nitrogens is 2. The average Bonchev–Trinajstić information content (AvgIpc) is 2.15. The summed E-state index contributed by atoms with van der Waals surface area (Å²) in [5.74, 6) is 0.851. The molecule has 1 aliphatic carbocycles. The van der Waals surface area contributed by atoms with Crippen LogP contribution in [-0.2, 0) is 6.54 Å². The Hall–Kier alpha value is -0.960. The van der Waals surface area contributed by atoms with Crippen LogP contribution in [0.4, 0.5) is 0 Å². The Morgan fingerprint density at radius 2 is 2.27 bits per heavy atom. The maximum absolute atomic E-state index is 4.36. The second kappa shape index (κ2) is 4.27. The van der Waals surface area contributed by atoms with Gasteiger partial charge in [0.2, 0.25) is 0 Å². The van der Waals surface area contributed by atoms with Gasteiger partial charge < -0.3 is 5.32 Å². The lowest BCUT2D eigenvalue weighted by molar-refractivity contribution is 0.156. The fourth-order valence-electron chi connectivity index (χ4n) is 2.05. The molecule has 0 bridgehead atoms. The van der Waals surface area contributed by atoms with Crippen LogP contribution < -0.4 is 5.32 Å². The van der Waals surface area contributed by atoms with Gasteiger partial charge in [-0.3, -0.25) is 0 Å². The van der Waals surface area contributed by atoms with E-state index in [-0.39, 0.29) is 0 Å². The third-order valence-electron chi connectivity index (χ3n) is 3.25. The van der Waals surface area contributed by atoms with E-state index >= 15 is 0 Å². The summed E-state index contributed by atoms with van der Waals surface area (Å²) in [4.78, 5) is 8.45. The van der Waals surface area contributed by atoms with Crippen molar-refractivity contribution in [2.24, 2.45) is 5.41 Å². The molecule has 0 amide bonds. The van der Waals surface area contributed by atoms with Gasteiger partial charge in [-0.2, -0.15) is 0 Å². The fourth-order valence-corrected chi connectivity index (χ4v) is 2.05. The number of rotatable bonds is 4. The molecule has 0 spiro atoms. The topological polar surface area (TPSA) is 37.8 Å². The van der Waals surface area contributed by atoms with Crippen molar-refractivity contribution in [2.45, 2.75) is 39.7 Å². The predicted octanol–water partition coefficient (Wildman–Crippen LogP) is 2.06. The summed E-state index contributed by atoms with van der Waals surface area (Å²) in [6.07, 6.45) is 5.95. The zero-order valence-electron chi connectivity index (χ0n) is 9.58. The molecule has 0 saturated heterocycles. The molecule has 3 nitrogen and oxygen atoms in total. The van der Waals surface area contributed by atoms with Gasteiger partial charge in [-0.1, -0.05) is 13.3 Å². The quantitative estimate of drug-likeness (QED) is 0.817. The van der Waals surface area contributed by atoms with Crippen LogP contribution >= 0.6 is 0 Å². The summed E-state index contributed by atoms with van der Waals surface area (Å²) in [5.41, 5.74) is 1.63. The highest BCUT2D eigenvalue weighted by molar-refractivity contribution is 5.01. The summed E-state index contributed by atoms with van der Waals surface area (Å²) in [6.45, 7) is 6.25. The molecule has 1 aliphatic rings. The van der Waals surface area contributed by atoms with Crippen molar-refractivity contribution in [3.63, 3.8) is 0 Å². The van der Waals surface area contributed by atoms with Crippen molar-refractivity contribution in [3.8, 4) is 0 Å². The smallest absolute Gasteiger partial charge is 0.125 e. The van der Waals surface area contributed by atoms with Crippen molar-refractivity contribution >= 4 is 0 Å². The van der Waals surface area contributed by atoms with Gasteiger partial charge in [-0.25, -0.2) is 9.97 Å². The number of nitrogens with zero attached hydrogens (tertiary/aromatic N) is 2. The summed E-state index contributed by atoms with van der Waals surface area (Å²) < 4.78 is 0. The lowest BCUT2D eigenvalue weighted by atomic mass is 9.70. The third-order valence-corrected chi connectivity index (χ3v) is 3.25. The van der Waals surface area contributed by atoms with Crippen molar-refractivity contribution in [2.75, 3.05) is 6.54 Å². The monoisotopic (exact) mass is 205 g/mol. The zero-order valence-corrected chi connectivity index (χ0v) is 9.58. The molecule has 1 aromatic rings. The van der Waals surface area contributed by atoms with Crippen LogP contribution in [0.2, 0.25) is 0 Å². The molecule has 1 N–H and O–H groups in total. The van der Waals surface area contributed by atoms with Crippen LogP contribution in [-0.4, -0.2) is 16.5 Å². The lowest BCUT2D eigenvalue weighted by Gasteiger charge is -2.38. The minimum Gasteiger partial charge on any atom is -0.311 e. The molecule has 1 aromatic heterocycles. The summed E-state index contributed by atoms with van der Waals surface area (Å²) in [6, 6.07) is 1.98. The second-order valence-electron chi connectivity index (χ2n) is 4.86. The van der Waals surface area contributed by atoms with E-state index in [9.17, 15) is 0 Å². The van der Waals surface area contributed by atoms with E-state index in [1.807, 2.05) is 19.2 Å². The molecular formula is C12H19N3. The minimum absolute atomic E-state index is 0.544. The van der Waals surface area contributed by atoms with E-state index in [0.717, 1.165) is 24.6 Å². The highest BCUT2D eigenvalue weighted by Gasteiger charge is 2.30. The Morgan fingerprint density at radius 1 is 1.47 bits per heavy atom. The first-order chi connectivity index (χ1) is 7.18. The van der Waals surface area contributed by atoms with Gasteiger partial charge in [-0.15, -0.1) is 0 Å².